The third-order valence-electron chi connectivity index (χ3n) is 11.4. The van der Waals surface area contributed by atoms with Gasteiger partial charge in [-0.3, -0.25) is 0 Å². The molecule has 12 aromatic rings. The second-order valence-corrected chi connectivity index (χ2v) is 14.3. The molecule has 10 aromatic carbocycles. The van der Waals surface area contributed by atoms with E-state index in [1.54, 1.807) is 0 Å². The molecule has 2 heteroatoms. The minimum atomic E-state index is 0.835. The lowest BCUT2D eigenvalue weighted by atomic mass is 9.84. The molecular weight excluding hydrogens is 657 g/mol. The number of hydrogen-bond donors (Lipinski definition) is 0. The van der Waals surface area contributed by atoms with Gasteiger partial charge in [-0.25, -0.2) is 0 Å². The van der Waals surface area contributed by atoms with Crippen LogP contribution in [-0.2, 0) is 0 Å². The van der Waals surface area contributed by atoms with Crippen molar-refractivity contribution < 1.29 is 8.83 Å². The summed E-state index contributed by atoms with van der Waals surface area (Å²) in [5.74, 6) is 0. The van der Waals surface area contributed by atoms with Crippen LogP contribution in [0.2, 0.25) is 0 Å². The molecule has 54 heavy (non-hydrogen) atoms. The molecule has 0 amide bonds. The molecule has 0 unspecified atom stereocenters. The molecule has 0 fully saturated rings. The minimum Gasteiger partial charge on any atom is -0.456 e. The molecule has 2 nitrogen and oxygen atoms in total. The number of fused-ring (bicyclic) bond motifs is 12. The van der Waals surface area contributed by atoms with Gasteiger partial charge in [0.25, 0.3) is 0 Å². The number of para-hydroxylation sites is 1. The van der Waals surface area contributed by atoms with Crippen LogP contribution in [0.15, 0.2) is 191 Å². The normalized spacial score (nSPS) is 12.1. The monoisotopic (exact) mass is 686 g/mol. The summed E-state index contributed by atoms with van der Waals surface area (Å²) < 4.78 is 13.3. The van der Waals surface area contributed by atoms with Gasteiger partial charge in [-0.05, 0) is 101 Å². The van der Waals surface area contributed by atoms with E-state index in [-0.39, 0.29) is 0 Å². The topological polar surface area (TPSA) is 26.3 Å². The summed E-state index contributed by atoms with van der Waals surface area (Å²) in [4.78, 5) is 0. The first-order chi connectivity index (χ1) is 26.8. The zero-order valence-electron chi connectivity index (χ0n) is 29.1. The zero-order valence-corrected chi connectivity index (χ0v) is 29.1. The predicted molar refractivity (Wildman–Crippen MR) is 227 cm³/mol. The van der Waals surface area contributed by atoms with Gasteiger partial charge in [-0.15, -0.1) is 0 Å². The molecule has 0 aliphatic carbocycles. The Hall–Kier alpha value is -7.16. The van der Waals surface area contributed by atoms with Crippen LogP contribution >= 0.6 is 0 Å². The largest absolute Gasteiger partial charge is 0.456 e. The molecule has 2 heterocycles. The average molecular weight is 687 g/mol. The van der Waals surface area contributed by atoms with Crippen LogP contribution in [0, 0.1) is 0 Å². The van der Waals surface area contributed by atoms with E-state index in [0.29, 0.717) is 0 Å². The van der Waals surface area contributed by atoms with Crippen LogP contribution in [0.1, 0.15) is 0 Å². The first-order valence-electron chi connectivity index (χ1n) is 18.5. The van der Waals surface area contributed by atoms with Gasteiger partial charge in [0.2, 0.25) is 0 Å². The van der Waals surface area contributed by atoms with Crippen molar-refractivity contribution in [1.82, 2.24) is 0 Å². The molecule has 0 atom stereocenters. The lowest BCUT2D eigenvalue weighted by Gasteiger charge is -2.19. The Kier molecular flexibility index (Phi) is 6.09. The van der Waals surface area contributed by atoms with E-state index in [2.05, 4.69) is 170 Å². The first-order valence-corrected chi connectivity index (χ1v) is 18.5. The number of rotatable bonds is 3. The molecule has 0 aliphatic rings. The summed E-state index contributed by atoms with van der Waals surface area (Å²) in [6.07, 6.45) is 0. The highest BCUT2D eigenvalue weighted by molar-refractivity contribution is 6.29. The molecule has 12 rings (SSSR count). The molecule has 0 aliphatic heterocycles. The van der Waals surface area contributed by atoms with Crippen molar-refractivity contribution >= 4 is 87.0 Å². The third kappa shape index (κ3) is 4.11. The van der Waals surface area contributed by atoms with Gasteiger partial charge in [-0.2, -0.15) is 0 Å². The van der Waals surface area contributed by atoms with Gasteiger partial charge in [0.1, 0.15) is 22.3 Å². The smallest absolute Gasteiger partial charge is 0.147 e. The van der Waals surface area contributed by atoms with E-state index < -0.39 is 0 Å². The fourth-order valence-electron chi connectivity index (χ4n) is 9.12. The summed E-state index contributed by atoms with van der Waals surface area (Å²) >= 11 is 0. The minimum absolute atomic E-state index is 0.835. The molecule has 0 saturated heterocycles. The molecule has 250 valence electrons. The van der Waals surface area contributed by atoms with Crippen LogP contribution < -0.4 is 0 Å². The number of benzene rings is 10. The van der Waals surface area contributed by atoms with Gasteiger partial charge >= 0.3 is 0 Å². The molecule has 0 spiro atoms. The van der Waals surface area contributed by atoms with Crippen LogP contribution in [0.25, 0.3) is 120 Å². The predicted octanol–water partition coefficient (Wildman–Crippen LogP) is 15.1. The zero-order chi connectivity index (χ0) is 35.3. The van der Waals surface area contributed by atoms with Crippen LogP contribution in [-0.4, -0.2) is 0 Å². The van der Waals surface area contributed by atoms with Gasteiger partial charge < -0.3 is 8.83 Å². The molecule has 0 saturated carbocycles. The molecule has 2 aromatic heterocycles. The quantitative estimate of drug-likeness (QED) is 0.173. The molecular formula is C52H30O2. The van der Waals surface area contributed by atoms with E-state index >= 15 is 0 Å². The van der Waals surface area contributed by atoms with Gasteiger partial charge in [-0.1, -0.05) is 152 Å². The van der Waals surface area contributed by atoms with Crippen molar-refractivity contribution in [2.75, 3.05) is 0 Å². The number of hydrogen-bond acceptors (Lipinski definition) is 2. The van der Waals surface area contributed by atoms with Gasteiger partial charge in [0.05, 0.1) is 5.39 Å². The summed E-state index contributed by atoms with van der Waals surface area (Å²) in [6.45, 7) is 0. The maximum atomic E-state index is 7.05. The Bertz CT molecular complexity index is 3440. The van der Waals surface area contributed by atoms with Crippen molar-refractivity contribution in [3.05, 3.63) is 182 Å². The SMILES string of the molecule is c1cc(-c2c3ccccc3c(-c3cccc4ccccc34)c3ccccc23)cc(-c2cc3ccccc3c3c2oc2c3ccc3oc4ccccc4c32)c1. The van der Waals surface area contributed by atoms with Crippen molar-refractivity contribution in [3.8, 4) is 33.4 Å². The Morgan fingerprint density at radius 2 is 0.870 bits per heavy atom. The van der Waals surface area contributed by atoms with E-state index in [1.807, 2.05) is 12.1 Å². The number of furan rings is 2. The van der Waals surface area contributed by atoms with Crippen LogP contribution in [0.4, 0.5) is 0 Å². The van der Waals surface area contributed by atoms with E-state index in [0.717, 1.165) is 55.0 Å². The highest BCUT2D eigenvalue weighted by Gasteiger charge is 2.22. The third-order valence-corrected chi connectivity index (χ3v) is 11.4. The molecule has 0 bridgehead atoms. The highest BCUT2D eigenvalue weighted by atomic mass is 16.3. The van der Waals surface area contributed by atoms with E-state index in [9.17, 15) is 0 Å². The highest BCUT2D eigenvalue weighted by Crippen LogP contribution is 2.48. The average Bonchev–Trinajstić information content (AvgIpc) is 3.81. The van der Waals surface area contributed by atoms with Gasteiger partial charge in [0, 0.05) is 21.7 Å². The van der Waals surface area contributed by atoms with E-state index in [1.165, 1.54) is 65.3 Å². The standard InChI is InChI=1S/C52H30O2/c1-3-18-35-31(13-1)15-12-25-37(35)48-40-22-7-5-20-38(40)47(39-21-6-8-23-41(39)48)34-17-11-16-32(29-34)44-30-33-14-2-4-19-36(33)49-43-27-28-46-50(51(43)54-52(44)49)42-24-9-10-26-45(42)53-46/h1-30H. The van der Waals surface area contributed by atoms with Crippen LogP contribution in [0.3, 0.4) is 0 Å². The fourth-order valence-corrected chi connectivity index (χ4v) is 9.12. The molecule has 0 radical (unpaired) electrons. The second-order valence-electron chi connectivity index (χ2n) is 14.3. The van der Waals surface area contributed by atoms with Crippen molar-refractivity contribution in [2.24, 2.45) is 0 Å². The maximum absolute atomic E-state index is 7.05. The van der Waals surface area contributed by atoms with Crippen molar-refractivity contribution in [1.29, 1.82) is 0 Å². The summed E-state index contributed by atoms with van der Waals surface area (Å²) in [5, 5.41) is 14.1. The lowest BCUT2D eigenvalue weighted by Crippen LogP contribution is -1.92. The first kappa shape index (κ1) is 29.4. The summed E-state index contributed by atoms with van der Waals surface area (Å²) in [5.41, 5.74) is 10.6. The Labute approximate surface area is 310 Å². The Morgan fingerprint density at radius 3 is 1.65 bits per heavy atom. The molecule has 0 N–H and O–H groups in total. The summed E-state index contributed by atoms with van der Waals surface area (Å²) in [7, 11) is 0. The van der Waals surface area contributed by atoms with Gasteiger partial charge in [0.15, 0.2) is 0 Å². The van der Waals surface area contributed by atoms with Crippen molar-refractivity contribution in [2.45, 2.75) is 0 Å². The maximum Gasteiger partial charge on any atom is 0.147 e. The second kappa shape index (κ2) is 11.2. The summed E-state index contributed by atoms with van der Waals surface area (Å²) in [6, 6.07) is 65.6. The Balaban J connectivity index is 1.15. The van der Waals surface area contributed by atoms with E-state index in [4.69, 9.17) is 8.83 Å². The Morgan fingerprint density at radius 1 is 0.278 bits per heavy atom. The van der Waals surface area contributed by atoms with Crippen LogP contribution in [0.5, 0.6) is 0 Å². The lowest BCUT2D eigenvalue weighted by molar-refractivity contribution is 0.663. The fraction of sp³-hybridized carbons (Fsp3) is 0. The van der Waals surface area contributed by atoms with Crippen molar-refractivity contribution in [3.63, 3.8) is 0 Å².